The van der Waals surface area contributed by atoms with E-state index in [1.165, 1.54) is 51.4 Å². The maximum absolute atomic E-state index is 11.8. The van der Waals surface area contributed by atoms with Crippen molar-refractivity contribution in [3.8, 4) is 0 Å². The molecule has 0 spiro atoms. The van der Waals surface area contributed by atoms with Crippen LogP contribution >= 0.6 is 0 Å². The third-order valence-electron chi connectivity index (χ3n) is 4.85. The molecule has 0 aromatic heterocycles. The molecule has 0 rings (SSSR count). The molecule has 6 nitrogen and oxygen atoms in total. The number of hydrogen-bond donors (Lipinski definition) is 2. The first kappa shape index (κ1) is 26.4. The maximum atomic E-state index is 11.8. The standard InChI is InChI=1S/C22H42N2O4/c1-4-28-22(27)19(2)24-21(26)18-16-14-12-10-8-6-5-7-9-11-13-15-17-20(25)23-3/h19H,4-18H2,1-3H3,(H,23,25)(H,24,26)/t19-/m0/s1. The Morgan fingerprint density at radius 2 is 1.11 bits per heavy atom. The zero-order valence-corrected chi connectivity index (χ0v) is 18.3. The minimum absolute atomic E-state index is 0.0733. The van der Waals surface area contributed by atoms with Gasteiger partial charge in [-0.05, 0) is 26.7 Å². The fraction of sp³-hybridized carbons (Fsp3) is 0.864. The van der Waals surface area contributed by atoms with Crippen LogP contribution < -0.4 is 10.6 Å². The van der Waals surface area contributed by atoms with Crippen LogP contribution in [0.15, 0.2) is 0 Å². The number of rotatable bonds is 18. The van der Waals surface area contributed by atoms with Gasteiger partial charge in [-0.25, -0.2) is 4.79 Å². The van der Waals surface area contributed by atoms with E-state index in [0.29, 0.717) is 19.4 Å². The van der Waals surface area contributed by atoms with Crippen molar-refractivity contribution in [1.29, 1.82) is 0 Å². The first-order valence-electron chi connectivity index (χ1n) is 11.2. The van der Waals surface area contributed by atoms with Crippen LogP contribution in [0, 0.1) is 0 Å². The average Bonchev–Trinajstić information content (AvgIpc) is 2.67. The monoisotopic (exact) mass is 398 g/mol. The number of hydrogen-bond acceptors (Lipinski definition) is 4. The maximum Gasteiger partial charge on any atom is 0.328 e. The van der Waals surface area contributed by atoms with Crippen LogP contribution in [-0.2, 0) is 19.1 Å². The van der Waals surface area contributed by atoms with Crippen molar-refractivity contribution in [1.82, 2.24) is 10.6 Å². The largest absolute Gasteiger partial charge is 0.464 e. The van der Waals surface area contributed by atoms with E-state index < -0.39 is 6.04 Å². The molecule has 0 saturated heterocycles. The van der Waals surface area contributed by atoms with Gasteiger partial charge >= 0.3 is 5.97 Å². The molecule has 0 radical (unpaired) electrons. The van der Waals surface area contributed by atoms with E-state index in [0.717, 1.165) is 25.7 Å². The van der Waals surface area contributed by atoms with Crippen LogP contribution in [0.5, 0.6) is 0 Å². The van der Waals surface area contributed by atoms with Crippen LogP contribution in [0.25, 0.3) is 0 Å². The number of unbranched alkanes of at least 4 members (excludes halogenated alkanes) is 11. The molecule has 0 heterocycles. The fourth-order valence-electron chi connectivity index (χ4n) is 3.10. The van der Waals surface area contributed by atoms with E-state index >= 15 is 0 Å². The average molecular weight is 399 g/mol. The van der Waals surface area contributed by atoms with Crippen molar-refractivity contribution in [3.05, 3.63) is 0 Å². The first-order chi connectivity index (χ1) is 13.5. The van der Waals surface area contributed by atoms with E-state index in [1.54, 1.807) is 20.9 Å². The summed E-state index contributed by atoms with van der Waals surface area (Å²) in [5.41, 5.74) is 0. The Hall–Kier alpha value is -1.59. The third-order valence-corrected chi connectivity index (χ3v) is 4.85. The number of ether oxygens (including phenoxy) is 1. The molecule has 0 unspecified atom stereocenters. The van der Waals surface area contributed by atoms with E-state index in [2.05, 4.69) is 10.6 Å². The molecule has 1 atom stereocenters. The quantitative estimate of drug-likeness (QED) is 0.267. The summed E-state index contributed by atoms with van der Waals surface area (Å²) in [6.07, 6.45) is 15.3. The van der Waals surface area contributed by atoms with Gasteiger partial charge < -0.3 is 15.4 Å². The molecule has 2 N–H and O–H groups in total. The van der Waals surface area contributed by atoms with Gasteiger partial charge in [0.15, 0.2) is 0 Å². The molecule has 0 aromatic rings. The minimum atomic E-state index is -0.566. The molecule has 164 valence electrons. The smallest absolute Gasteiger partial charge is 0.328 e. The molecule has 0 fully saturated rings. The Morgan fingerprint density at radius 1 is 0.714 bits per heavy atom. The van der Waals surface area contributed by atoms with Crippen LogP contribution in [0.1, 0.15) is 104 Å². The van der Waals surface area contributed by atoms with Gasteiger partial charge in [0.05, 0.1) is 6.61 Å². The lowest BCUT2D eigenvalue weighted by Gasteiger charge is -2.12. The second-order valence-electron chi connectivity index (χ2n) is 7.46. The lowest BCUT2D eigenvalue weighted by molar-refractivity contribution is -0.146. The number of esters is 1. The van der Waals surface area contributed by atoms with Gasteiger partial charge in [0.2, 0.25) is 11.8 Å². The van der Waals surface area contributed by atoms with Crippen LogP contribution in [0.4, 0.5) is 0 Å². The fourth-order valence-corrected chi connectivity index (χ4v) is 3.10. The third kappa shape index (κ3) is 16.6. The van der Waals surface area contributed by atoms with E-state index in [9.17, 15) is 14.4 Å². The van der Waals surface area contributed by atoms with Crippen LogP contribution in [0.3, 0.4) is 0 Å². The highest BCUT2D eigenvalue weighted by atomic mass is 16.5. The number of amides is 2. The second kappa shape index (κ2) is 18.8. The summed E-state index contributed by atoms with van der Waals surface area (Å²) in [4.78, 5) is 34.3. The summed E-state index contributed by atoms with van der Waals surface area (Å²) in [7, 11) is 1.69. The molecule has 0 aliphatic rings. The summed E-state index contributed by atoms with van der Waals surface area (Å²) in [6, 6.07) is -0.566. The molecule has 0 bridgehead atoms. The number of carbonyl (C=O) groups excluding carboxylic acids is 3. The van der Waals surface area contributed by atoms with Gasteiger partial charge in [-0.2, -0.15) is 0 Å². The Balaban J connectivity index is 3.32. The Bertz CT molecular complexity index is 427. The highest BCUT2D eigenvalue weighted by Crippen LogP contribution is 2.13. The zero-order valence-electron chi connectivity index (χ0n) is 18.3. The topological polar surface area (TPSA) is 84.5 Å². The first-order valence-corrected chi connectivity index (χ1v) is 11.2. The molecule has 0 aliphatic carbocycles. The summed E-state index contributed by atoms with van der Waals surface area (Å²) in [6.45, 7) is 3.74. The predicted octanol–water partition coefficient (Wildman–Crippen LogP) is 4.26. The highest BCUT2D eigenvalue weighted by Gasteiger charge is 2.15. The van der Waals surface area contributed by atoms with Gasteiger partial charge in [-0.3, -0.25) is 9.59 Å². The van der Waals surface area contributed by atoms with Crippen molar-refractivity contribution in [3.63, 3.8) is 0 Å². The highest BCUT2D eigenvalue weighted by molar-refractivity contribution is 5.84. The summed E-state index contributed by atoms with van der Waals surface area (Å²) in [5, 5.41) is 5.34. The van der Waals surface area contributed by atoms with Crippen molar-refractivity contribution in [2.75, 3.05) is 13.7 Å². The Morgan fingerprint density at radius 3 is 1.50 bits per heavy atom. The van der Waals surface area contributed by atoms with Crippen molar-refractivity contribution in [2.45, 2.75) is 110 Å². The van der Waals surface area contributed by atoms with Crippen molar-refractivity contribution < 1.29 is 19.1 Å². The van der Waals surface area contributed by atoms with Gasteiger partial charge in [0.1, 0.15) is 6.04 Å². The van der Waals surface area contributed by atoms with Crippen LogP contribution in [0.2, 0.25) is 0 Å². The molecular formula is C22H42N2O4. The Labute approximate surface area is 171 Å². The summed E-state index contributed by atoms with van der Waals surface area (Å²) >= 11 is 0. The molecule has 0 aliphatic heterocycles. The lowest BCUT2D eigenvalue weighted by atomic mass is 10.0. The second-order valence-corrected chi connectivity index (χ2v) is 7.46. The number of nitrogens with one attached hydrogen (secondary N) is 2. The normalized spacial score (nSPS) is 11.7. The number of carbonyl (C=O) groups is 3. The van der Waals surface area contributed by atoms with E-state index in [-0.39, 0.29) is 17.8 Å². The molecular weight excluding hydrogens is 356 g/mol. The molecule has 2 amide bonds. The molecule has 0 saturated carbocycles. The van der Waals surface area contributed by atoms with Gasteiger partial charge in [-0.1, -0.05) is 64.2 Å². The molecule has 28 heavy (non-hydrogen) atoms. The van der Waals surface area contributed by atoms with Crippen LogP contribution in [-0.4, -0.2) is 37.5 Å². The minimum Gasteiger partial charge on any atom is -0.464 e. The zero-order chi connectivity index (χ0) is 21.0. The van der Waals surface area contributed by atoms with E-state index in [1.807, 2.05) is 0 Å². The van der Waals surface area contributed by atoms with Gasteiger partial charge in [-0.15, -0.1) is 0 Å². The molecule has 6 heteroatoms. The summed E-state index contributed by atoms with van der Waals surface area (Å²) < 4.78 is 4.87. The van der Waals surface area contributed by atoms with E-state index in [4.69, 9.17) is 4.74 Å². The Kier molecular flexibility index (Phi) is 17.7. The molecule has 0 aromatic carbocycles. The van der Waals surface area contributed by atoms with Crippen molar-refractivity contribution in [2.24, 2.45) is 0 Å². The van der Waals surface area contributed by atoms with Gasteiger partial charge in [0.25, 0.3) is 0 Å². The lowest BCUT2D eigenvalue weighted by Crippen LogP contribution is -2.39. The van der Waals surface area contributed by atoms with Crippen molar-refractivity contribution >= 4 is 17.8 Å². The summed E-state index contributed by atoms with van der Waals surface area (Å²) in [5.74, 6) is -0.303. The predicted molar refractivity (Wildman–Crippen MR) is 113 cm³/mol. The van der Waals surface area contributed by atoms with Gasteiger partial charge in [0, 0.05) is 19.9 Å². The SMILES string of the molecule is CCOC(=O)[C@H](C)NC(=O)CCCCCCCCCCCCCCC(=O)NC.